The van der Waals surface area contributed by atoms with Gasteiger partial charge in [0, 0.05) is 16.8 Å². The molecule has 0 saturated carbocycles. The van der Waals surface area contributed by atoms with Gasteiger partial charge in [-0.1, -0.05) is 12.1 Å². The summed E-state index contributed by atoms with van der Waals surface area (Å²) >= 11 is 0. The van der Waals surface area contributed by atoms with Crippen LogP contribution >= 0.6 is 0 Å². The molecule has 7 heteroatoms. The standard InChI is InChI=1S/C18H21N3O3S/c1-3-21(4-2)12-13-11-14(9-10-16(13)22)19-18-15-7-5-6-8-17(15)25(23,24)20-18/h5-11,22H,3-4,12H2,1-2H3,(H,19,20)/p+1. The van der Waals surface area contributed by atoms with E-state index in [4.69, 9.17) is 0 Å². The third-order valence-corrected chi connectivity index (χ3v) is 5.75. The zero-order valence-corrected chi connectivity index (χ0v) is 15.1. The van der Waals surface area contributed by atoms with Crippen molar-refractivity contribution in [3.05, 3.63) is 53.6 Å². The summed E-state index contributed by atoms with van der Waals surface area (Å²) in [6, 6.07) is 11.9. The number of phenolic OH excluding ortho intramolecular Hbond substituents is 1. The molecule has 0 aliphatic carbocycles. The minimum Gasteiger partial charge on any atom is -0.507 e. The second kappa shape index (κ2) is 6.85. The fourth-order valence-corrected chi connectivity index (χ4v) is 4.08. The summed E-state index contributed by atoms with van der Waals surface area (Å²) in [6.45, 7) is 6.84. The molecule has 0 aromatic heterocycles. The quantitative estimate of drug-likeness (QED) is 0.704. The van der Waals surface area contributed by atoms with E-state index < -0.39 is 10.0 Å². The van der Waals surface area contributed by atoms with E-state index >= 15 is 0 Å². The van der Waals surface area contributed by atoms with Crippen LogP contribution in [-0.4, -0.2) is 32.4 Å². The molecular formula is C18H22N3O3S+. The number of amidine groups is 1. The Morgan fingerprint density at radius 1 is 1.12 bits per heavy atom. The second-order valence-electron chi connectivity index (χ2n) is 6.01. The molecule has 0 unspecified atom stereocenters. The van der Waals surface area contributed by atoms with Crippen molar-refractivity contribution in [2.45, 2.75) is 25.3 Å². The lowest BCUT2D eigenvalue weighted by molar-refractivity contribution is -0.910. The molecule has 0 bridgehead atoms. The van der Waals surface area contributed by atoms with Gasteiger partial charge in [0.1, 0.15) is 17.2 Å². The Hall–Kier alpha value is -2.38. The van der Waals surface area contributed by atoms with E-state index in [1.807, 2.05) is 6.07 Å². The van der Waals surface area contributed by atoms with Gasteiger partial charge in [0.2, 0.25) is 0 Å². The molecule has 0 spiro atoms. The summed E-state index contributed by atoms with van der Waals surface area (Å²) in [5.41, 5.74) is 2.08. The number of hydrogen-bond acceptors (Lipinski definition) is 4. The van der Waals surface area contributed by atoms with Gasteiger partial charge in [-0.05, 0) is 44.2 Å². The van der Waals surface area contributed by atoms with Crippen LogP contribution in [0.4, 0.5) is 5.69 Å². The Bertz CT molecular complexity index is 919. The highest BCUT2D eigenvalue weighted by molar-refractivity contribution is 7.90. The minimum absolute atomic E-state index is 0.212. The number of benzene rings is 2. The van der Waals surface area contributed by atoms with Crippen LogP contribution in [0.15, 0.2) is 51.8 Å². The topological polar surface area (TPSA) is 83.2 Å². The Morgan fingerprint density at radius 3 is 2.56 bits per heavy atom. The number of nitrogens with one attached hydrogen (secondary N) is 2. The predicted molar refractivity (Wildman–Crippen MR) is 97.6 cm³/mol. The van der Waals surface area contributed by atoms with E-state index in [0.717, 1.165) is 18.7 Å². The number of phenols is 1. The molecule has 6 nitrogen and oxygen atoms in total. The van der Waals surface area contributed by atoms with Crippen LogP contribution < -0.4 is 10.2 Å². The average molecular weight is 360 g/mol. The summed E-state index contributed by atoms with van der Waals surface area (Å²) in [5, 5.41) is 13.2. The smallest absolute Gasteiger partial charge is 0.285 e. The lowest BCUT2D eigenvalue weighted by Gasteiger charge is -2.17. The molecule has 0 atom stereocenters. The fraction of sp³-hybridized carbons (Fsp3) is 0.278. The number of nitrogens with zero attached hydrogens (tertiary/aromatic N) is 1. The van der Waals surface area contributed by atoms with Gasteiger partial charge in [-0.15, -0.1) is 4.40 Å². The Balaban J connectivity index is 1.90. The lowest BCUT2D eigenvalue weighted by atomic mass is 10.1. The van der Waals surface area contributed by atoms with Crippen LogP contribution in [0.5, 0.6) is 5.75 Å². The first-order valence-corrected chi connectivity index (χ1v) is 9.75. The summed E-state index contributed by atoms with van der Waals surface area (Å²) in [4.78, 5) is 1.56. The Morgan fingerprint density at radius 2 is 1.84 bits per heavy atom. The van der Waals surface area contributed by atoms with E-state index in [-0.39, 0.29) is 10.6 Å². The van der Waals surface area contributed by atoms with E-state index in [9.17, 15) is 13.5 Å². The Labute approximate surface area is 147 Å². The highest BCUT2D eigenvalue weighted by atomic mass is 32.2. The van der Waals surface area contributed by atoms with Crippen LogP contribution in [0.3, 0.4) is 0 Å². The molecule has 1 aliphatic rings. The van der Waals surface area contributed by atoms with Gasteiger partial charge in [0.25, 0.3) is 10.0 Å². The zero-order chi connectivity index (χ0) is 18.0. The van der Waals surface area contributed by atoms with Crippen LogP contribution in [0, 0.1) is 0 Å². The van der Waals surface area contributed by atoms with E-state index in [0.29, 0.717) is 23.6 Å². The average Bonchev–Trinajstić information content (AvgIpc) is 2.86. The number of quaternary nitrogens is 1. The van der Waals surface area contributed by atoms with Gasteiger partial charge in [0.05, 0.1) is 13.1 Å². The van der Waals surface area contributed by atoms with E-state index in [2.05, 4.69) is 23.6 Å². The van der Waals surface area contributed by atoms with Crippen molar-refractivity contribution in [1.29, 1.82) is 0 Å². The van der Waals surface area contributed by atoms with Crippen molar-refractivity contribution in [3.63, 3.8) is 0 Å². The first-order valence-electron chi connectivity index (χ1n) is 8.31. The third kappa shape index (κ3) is 3.52. The molecule has 2 aromatic carbocycles. The van der Waals surface area contributed by atoms with Crippen molar-refractivity contribution < 1.29 is 18.4 Å². The highest BCUT2D eigenvalue weighted by Gasteiger charge is 2.28. The van der Waals surface area contributed by atoms with Gasteiger partial charge in [-0.25, -0.2) is 0 Å². The largest absolute Gasteiger partial charge is 0.507 e. The molecule has 0 saturated heterocycles. The molecular weight excluding hydrogens is 338 g/mol. The van der Waals surface area contributed by atoms with Crippen molar-refractivity contribution in [2.24, 2.45) is 4.40 Å². The lowest BCUT2D eigenvalue weighted by Crippen LogP contribution is -3.10. The fourth-order valence-electron chi connectivity index (χ4n) is 2.91. The molecule has 0 radical (unpaired) electrons. The molecule has 1 heterocycles. The van der Waals surface area contributed by atoms with Crippen LogP contribution in [0.1, 0.15) is 25.0 Å². The third-order valence-electron chi connectivity index (χ3n) is 4.41. The normalized spacial score (nSPS) is 15.1. The van der Waals surface area contributed by atoms with Gasteiger partial charge in [-0.2, -0.15) is 8.42 Å². The first kappa shape index (κ1) is 17.4. The molecule has 3 N–H and O–H groups in total. The van der Waals surface area contributed by atoms with Crippen LogP contribution in [-0.2, 0) is 16.6 Å². The summed E-state index contributed by atoms with van der Waals surface area (Å²) in [6.07, 6.45) is 0. The monoisotopic (exact) mass is 360 g/mol. The molecule has 3 rings (SSSR count). The maximum atomic E-state index is 12.1. The minimum atomic E-state index is -3.65. The maximum Gasteiger partial charge on any atom is 0.285 e. The Kier molecular flexibility index (Phi) is 4.78. The van der Waals surface area contributed by atoms with Crippen LogP contribution in [0.2, 0.25) is 0 Å². The molecule has 132 valence electrons. The van der Waals surface area contributed by atoms with Gasteiger partial charge in [-0.3, -0.25) is 0 Å². The van der Waals surface area contributed by atoms with Gasteiger partial charge in [0.15, 0.2) is 5.84 Å². The predicted octanol–water partition coefficient (Wildman–Crippen LogP) is 1.38. The molecule has 0 amide bonds. The molecule has 0 fully saturated rings. The highest BCUT2D eigenvalue weighted by Crippen LogP contribution is 2.28. The summed E-state index contributed by atoms with van der Waals surface area (Å²) in [7, 11) is -3.65. The summed E-state index contributed by atoms with van der Waals surface area (Å²) < 4.78 is 28.1. The number of anilines is 1. The zero-order valence-electron chi connectivity index (χ0n) is 14.3. The van der Waals surface area contributed by atoms with Crippen molar-refractivity contribution in [1.82, 2.24) is 0 Å². The van der Waals surface area contributed by atoms with Gasteiger partial charge < -0.3 is 15.3 Å². The summed E-state index contributed by atoms with van der Waals surface area (Å²) in [5.74, 6) is 0.550. The number of aromatic hydroxyl groups is 1. The second-order valence-corrected chi connectivity index (χ2v) is 7.59. The number of sulfonamides is 1. The molecule has 25 heavy (non-hydrogen) atoms. The van der Waals surface area contributed by atoms with E-state index in [1.54, 1.807) is 36.4 Å². The van der Waals surface area contributed by atoms with Gasteiger partial charge >= 0.3 is 0 Å². The maximum absolute atomic E-state index is 12.1. The van der Waals surface area contributed by atoms with Crippen molar-refractivity contribution >= 4 is 21.5 Å². The molecule has 1 aliphatic heterocycles. The molecule has 2 aromatic rings. The first-order chi connectivity index (χ1) is 11.9. The number of hydrogen-bond donors (Lipinski definition) is 3. The van der Waals surface area contributed by atoms with E-state index in [1.165, 1.54) is 4.90 Å². The van der Waals surface area contributed by atoms with Crippen LogP contribution in [0.25, 0.3) is 0 Å². The SMILES string of the molecule is CC[NH+](CC)Cc1cc(NC2=NS(=O)(=O)c3ccccc32)ccc1O. The van der Waals surface area contributed by atoms with Crippen molar-refractivity contribution in [2.75, 3.05) is 18.4 Å². The van der Waals surface area contributed by atoms with Crippen molar-refractivity contribution in [3.8, 4) is 5.75 Å². The number of fused-ring (bicyclic) bond motifs is 1. The number of rotatable bonds is 5.